The van der Waals surface area contributed by atoms with Crippen LogP contribution in [0.1, 0.15) is 29.0 Å². The Labute approximate surface area is 113 Å². The van der Waals surface area contributed by atoms with Gasteiger partial charge in [-0.25, -0.2) is 0 Å². The van der Waals surface area contributed by atoms with Gasteiger partial charge in [-0.15, -0.1) is 0 Å². The highest BCUT2D eigenvalue weighted by Gasteiger charge is 2.24. The van der Waals surface area contributed by atoms with Crippen molar-refractivity contribution in [1.29, 1.82) is 0 Å². The summed E-state index contributed by atoms with van der Waals surface area (Å²) in [6.45, 7) is 2.08. The van der Waals surface area contributed by atoms with Crippen molar-refractivity contribution in [3.63, 3.8) is 0 Å². The molecule has 2 aromatic carbocycles. The van der Waals surface area contributed by atoms with Crippen molar-refractivity contribution in [3.05, 3.63) is 65.2 Å². The molecule has 0 spiro atoms. The van der Waals surface area contributed by atoms with Crippen LogP contribution >= 0.6 is 0 Å². The monoisotopic (exact) mass is 252 g/mol. The number of ether oxygens (including phenoxy) is 1. The third-order valence-corrected chi connectivity index (χ3v) is 3.59. The van der Waals surface area contributed by atoms with Gasteiger partial charge >= 0.3 is 5.97 Å². The molecule has 1 unspecified atom stereocenters. The quantitative estimate of drug-likeness (QED) is 0.572. The standard InChI is InChI=1S/C17H16O2/c1-12-5-4-7-13(9-12)15-10-14-6-2-3-8-16(14)19-17(18)11-15/h2-9,15H,10-11H2,1H3. The maximum absolute atomic E-state index is 11.9. The summed E-state index contributed by atoms with van der Waals surface area (Å²) in [4.78, 5) is 11.9. The van der Waals surface area contributed by atoms with Crippen molar-refractivity contribution in [2.75, 3.05) is 0 Å². The van der Waals surface area contributed by atoms with E-state index in [9.17, 15) is 4.79 Å². The lowest BCUT2D eigenvalue weighted by molar-refractivity contribution is -0.134. The van der Waals surface area contributed by atoms with Gasteiger partial charge in [0.25, 0.3) is 0 Å². The second-order valence-electron chi connectivity index (χ2n) is 5.10. The summed E-state index contributed by atoms with van der Waals surface area (Å²) in [6, 6.07) is 16.2. The molecule has 2 heteroatoms. The topological polar surface area (TPSA) is 26.3 Å². The highest BCUT2D eigenvalue weighted by atomic mass is 16.5. The first kappa shape index (κ1) is 12.0. The number of aryl methyl sites for hydroxylation is 1. The molecule has 0 amide bonds. The zero-order chi connectivity index (χ0) is 13.2. The summed E-state index contributed by atoms with van der Waals surface area (Å²) in [5.41, 5.74) is 3.55. The van der Waals surface area contributed by atoms with Crippen LogP contribution < -0.4 is 4.74 Å². The van der Waals surface area contributed by atoms with Gasteiger partial charge < -0.3 is 4.74 Å². The van der Waals surface area contributed by atoms with Gasteiger partial charge in [-0.2, -0.15) is 0 Å². The molecular weight excluding hydrogens is 236 g/mol. The zero-order valence-corrected chi connectivity index (χ0v) is 10.9. The van der Waals surface area contributed by atoms with Crippen LogP contribution in [0.2, 0.25) is 0 Å². The minimum Gasteiger partial charge on any atom is -0.426 e. The number of rotatable bonds is 1. The van der Waals surface area contributed by atoms with E-state index in [1.54, 1.807) is 0 Å². The first-order valence-electron chi connectivity index (χ1n) is 6.57. The van der Waals surface area contributed by atoms with Gasteiger partial charge in [-0.3, -0.25) is 4.79 Å². The first-order valence-corrected chi connectivity index (χ1v) is 6.57. The first-order chi connectivity index (χ1) is 9.22. The van der Waals surface area contributed by atoms with E-state index in [-0.39, 0.29) is 11.9 Å². The molecule has 3 rings (SSSR count). The average Bonchev–Trinajstić information content (AvgIpc) is 2.56. The van der Waals surface area contributed by atoms with Crippen LogP contribution in [0.25, 0.3) is 0 Å². The maximum atomic E-state index is 11.9. The lowest BCUT2D eigenvalue weighted by Crippen LogP contribution is -2.10. The van der Waals surface area contributed by atoms with E-state index in [1.807, 2.05) is 30.3 Å². The van der Waals surface area contributed by atoms with Crippen molar-refractivity contribution < 1.29 is 9.53 Å². The molecule has 2 aromatic rings. The van der Waals surface area contributed by atoms with Crippen molar-refractivity contribution >= 4 is 5.97 Å². The Morgan fingerprint density at radius 2 is 1.89 bits per heavy atom. The molecule has 0 aromatic heterocycles. The van der Waals surface area contributed by atoms with Crippen LogP contribution in [-0.2, 0) is 11.2 Å². The van der Waals surface area contributed by atoms with Crippen molar-refractivity contribution in [3.8, 4) is 5.75 Å². The fourth-order valence-corrected chi connectivity index (χ4v) is 2.63. The van der Waals surface area contributed by atoms with Crippen LogP contribution in [0.5, 0.6) is 5.75 Å². The second kappa shape index (κ2) is 4.88. The molecule has 96 valence electrons. The van der Waals surface area contributed by atoms with Gasteiger partial charge in [-0.05, 0) is 36.5 Å². The van der Waals surface area contributed by atoms with E-state index in [2.05, 4.69) is 25.1 Å². The number of carbonyl (C=O) groups excluding carboxylic acids is 1. The van der Waals surface area contributed by atoms with Gasteiger partial charge in [0.2, 0.25) is 0 Å². The molecular formula is C17H16O2. The van der Waals surface area contributed by atoms with Crippen LogP contribution in [0.4, 0.5) is 0 Å². The van der Waals surface area contributed by atoms with Crippen molar-refractivity contribution in [2.45, 2.75) is 25.7 Å². The lowest BCUT2D eigenvalue weighted by Gasteiger charge is -2.13. The zero-order valence-electron chi connectivity index (χ0n) is 10.9. The predicted molar refractivity (Wildman–Crippen MR) is 74.3 cm³/mol. The maximum Gasteiger partial charge on any atom is 0.311 e. The number of benzene rings is 2. The summed E-state index contributed by atoms with van der Waals surface area (Å²) in [7, 11) is 0. The molecule has 2 nitrogen and oxygen atoms in total. The predicted octanol–water partition coefficient (Wildman–Crippen LogP) is 3.63. The van der Waals surface area contributed by atoms with Gasteiger partial charge in [-0.1, -0.05) is 48.0 Å². The summed E-state index contributed by atoms with van der Waals surface area (Å²) in [5, 5.41) is 0. The molecule has 0 saturated heterocycles. The number of para-hydroxylation sites is 1. The number of esters is 1. The molecule has 0 aliphatic carbocycles. The number of carbonyl (C=O) groups is 1. The lowest BCUT2D eigenvalue weighted by atomic mass is 9.89. The highest BCUT2D eigenvalue weighted by Crippen LogP contribution is 2.32. The molecule has 1 aliphatic rings. The van der Waals surface area contributed by atoms with E-state index in [0.717, 1.165) is 12.0 Å². The molecule has 1 heterocycles. The molecule has 0 radical (unpaired) electrons. The fraction of sp³-hybridized carbons (Fsp3) is 0.235. The minimum absolute atomic E-state index is 0.142. The normalized spacial score (nSPS) is 18.4. The van der Waals surface area contributed by atoms with E-state index in [1.165, 1.54) is 11.1 Å². The second-order valence-corrected chi connectivity index (χ2v) is 5.10. The van der Waals surface area contributed by atoms with Gasteiger partial charge in [0.05, 0.1) is 6.42 Å². The van der Waals surface area contributed by atoms with E-state index >= 15 is 0 Å². The molecule has 0 N–H and O–H groups in total. The number of hydrogen-bond acceptors (Lipinski definition) is 2. The van der Waals surface area contributed by atoms with Crippen molar-refractivity contribution in [1.82, 2.24) is 0 Å². The van der Waals surface area contributed by atoms with Crippen LogP contribution in [-0.4, -0.2) is 5.97 Å². The van der Waals surface area contributed by atoms with E-state index < -0.39 is 0 Å². The Kier molecular flexibility index (Phi) is 3.08. The van der Waals surface area contributed by atoms with Crippen LogP contribution in [0.15, 0.2) is 48.5 Å². The van der Waals surface area contributed by atoms with E-state index in [0.29, 0.717) is 12.2 Å². The largest absolute Gasteiger partial charge is 0.426 e. The highest BCUT2D eigenvalue weighted by molar-refractivity contribution is 5.75. The molecule has 0 saturated carbocycles. The Bertz CT molecular complexity index is 616. The molecule has 1 aliphatic heterocycles. The third kappa shape index (κ3) is 2.53. The Hall–Kier alpha value is -2.09. The van der Waals surface area contributed by atoms with Gasteiger partial charge in [0.15, 0.2) is 0 Å². The fourth-order valence-electron chi connectivity index (χ4n) is 2.63. The smallest absolute Gasteiger partial charge is 0.311 e. The molecule has 0 fully saturated rings. The van der Waals surface area contributed by atoms with E-state index in [4.69, 9.17) is 4.74 Å². The van der Waals surface area contributed by atoms with Crippen molar-refractivity contribution in [2.24, 2.45) is 0 Å². The van der Waals surface area contributed by atoms with Gasteiger partial charge in [0.1, 0.15) is 5.75 Å². The Balaban J connectivity index is 1.98. The summed E-state index contributed by atoms with van der Waals surface area (Å²) >= 11 is 0. The number of hydrogen-bond donors (Lipinski definition) is 0. The number of fused-ring (bicyclic) bond motifs is 1. The van der Waals surface area contributed by atoms with Crippen LogP contribution in [0, 0.1) is 6.92 Å². The summed E-state index contributed by atoms with van der Waals surface area (Å²) in [6.07, 6.45) is 1.30. The Morgan fingerprint density at radius 1 is 1.05 bits per heavy atom. The minimum atomic E-state index is -0.142. The molecule has 19 heavy (non-hydrogen) atoms. The third-order valence-electron chi connectivity index (χ3n) is 3.59. The average molecular weight is 252 g/mol. The summed E-state index contributed by atoms with van der Waals surface area (Å²) in [5.74, 6) is 0.773. The Morgan fingerprint density at radius 3 is 2.74 bits per heavy atom. The van der Waals surface area contributed by atoms with Crippen LogP contribution in [0.3, 0.4) is 0 Å². The SMILES string of the molecule is Cc1cccc(C2CC(=O)Oc3ccccc3C2)c1. The van der Waals surface area contributed by atoms with Gasteiger partial charge in [0, 0.05) is 0 Å². The summed E-state index contributed by atoms with van der Waals surface area (Å²) < 4.78 is 5.40. The molecule has 1 atom stereocenters. The molecule has 0 bridgehead atoms.